The number of nitrogens with one attached hydrogen (secondary N) is 1. The molecule has 0 bridgehead atoms. The van der Waals surface area contributed by atoms with Crippen LogP contribution < -0.4 is 10.6 Å². The van der Waals surface area contributed by atoms with E-state index < -0.39 is 0 Å². The minimum absolute atomic E-state index is 0.320. The summed E-state index contributed by atoms with van der Waals surface area (Å²) < 4.78 is 0.785. The van der Waals surface area contributed by atoms with E-state index in [9.17, 15) is 0 Å². The lowest BCUT2D eigenvalue weighted by Gasteiger charge is -2.12. The van der Waals surface area contributed by atoms with Crippen LogP contribution in [-0.4, -0.2) is 22.2 Å². The SMILES string of the molecule is CN(Cc1ccc(Cl)s1)c1n[nH]c(N)n1. The topological polar surface area (TPSA) is 70.8 Å². The molecule has 0 aliphatic carbocycles. The average Bonchev–Trinajstić information content (AvgIpc) is 2.75. The number of aromatic nitrogens is 3. The number of nitrogen functional groups attached to an aromatic ring is 1. The lowest BCUT2D eigenvalue weighted by molar-refractivity contribution is 0.882. The normalized spacial score (nSPS) is 10.5. The van der Waals surface area contributed by atoms with Gasteiger partial charge in [-0.25, -0.2) is 5.10 Å². The summed E-state index contributed by atoms with van der Waals surface area (Å²) in [7, 11) is 1.90. The van der Waals surface area contributed by atoms with Crippen molar-refractivity contribution in [3.05, 3.63) is 21.3 Å². The highest BCUT2D eigenvalue weighted by atomic mass is 35.5. The molecule has 7 heteroatoms. The first-order chi connectivity index (χ1) is 7.15. The molecule has 0 aromatic carbocycles. The van der Waals surface area contributed by atoms with Gasteiger partial charge in [0.05, 0.1) is 10.9 Å². The van der Waals surface area contributed by atoms with E-state index in [1.807, 2.05) is 24.1 Å². The van der Waals surface area contributed by atoms with E-state index in [4.69, 9.17) is 17.3 Å². The largest absolute Gasteiger partial charge is 0.368 e. The van der Waals surface area contributed by atoms with Crippen LogP contribution >= 0.6 is 22.9 Å². The van der Waals surface area contributed by atoms with Crippen LogP contribution in [-0.2, 0) is 6.54 Å². The van der Waals surface area contributed by atoms with Crippen LogP contribution in [0.1, 0.15) is 4.88 Å². The Morgan fingerprint density at radius 2 is 2.40 bits per heavy atom. The zero-order valence-electron chi connectivity index (χ0n) is 8.07. The lowest BCUT2D eigenvalue weighted by atomic mass is 10.4. The van der Waals surface area contributed by atoms with Crippen LogP contribution in [0, 0.1) is 0 Å². The summed E-state index contributed by atoms with van der Waals surface area (Å²) in [6.45, 7) is 0.717. The van der Waals surface area contributed by atoms with Gasteiger partial charge < -0.3 is 10.6 Å². The Morgan fingerprint density at radius 3 is 2.93 bits per heavy atom. The van der Waals surface area contributed by atoms with Gasteiger partial charge in [0.2, 0.25) is 11.9 Å². The number of H-pyrrole nitrogens is 1. The van der Waals surface area contributed by atoms with Gasteiger partial charge in [-0.05, 0) is 12.1 Å². The van der Waals surface area contributed by atoms with E-state index >= 15 is 0 Å². The monoisotopic (exact) mass is 243 g/mol. The van der Waals surface area contributed by atoms with Crippen molar-refractivity contribution >= 4 is 34.8 Å². The Labute approximate surface area is 95.9 Å². The number of rotatable bonds is 3. The second kappa shape index (κ2) is 4.08. The van der Waals surface area contributed by atoms with E-state index in [-0.39, 0.29) is 0 Å². The number of hydrogen-bond donors (Lipinski definition) is 2. The van der Waals surface area contributed by atoms with E-state index in [2.05, 4.69) is 15.2 Å². The highest BCUT2D eigenvalue weighted by molar-refractivity contribution is 7.16. The second-order valence-corrected chi connectivity index (χ2v) is 4.88. The van der Waals surface area contributed by atoms with E-state index in [0.717, 1.165) is 9.21 Å². The summed E-state index contributed by atoms with van der Waals surface area (Å²) >= 11 is 7.38. The van der Waals surface area contributed by atoms with Gasteiger partial charge >= 0.3 is 0 Å². The molecule has 0 radical (unpaired) electrons. The van der Waals surface area contributed by atoms with Gasteiger partial charge in [-0.15, -0.1) is 16.4 Å². The molecule has 2 aromatic heterocycles. The number of nitrogens with two attached hydrogens (primary N) is 1. The zero-order valence-corrected chi connectivity index (χ0v) is 9.64. The summed E-state index contributed by atoms with van der Waals surface area (Å²) in [6, 6.07) is 3.86. The van der Waals surface area contributed by atoms with Gasteiger partial charge in [-0.2, -0.15) is 4.98 Å². The molecule has 0 amide bonds. The van der Waals surface area contributed by atoms with E-state index in [0.29, 0.717) is 18.4 Å². The molecule has 2 aromatic rings. The van der Waals surface area contributed by atoms with Crippen LogP contribution in [0.25, 0.3) is 0 Å². The van der Waals surface area contributed by atoms with Crippen molar-refractivity contribution in [1.29, 1.82) is 0 Å². The van der Waals surface area contributed by atoms with Crippen molar-refractivity contribution in [2.24, 2.45) is 0 Å². The molecule has 0 aliphatic heterocycles. The van der Waals surface area contributed by atoms with Crippen molar-refractivity contribution < 1.29 is 0 Å². The third-order valence-corrected chi connectivity index (χ3v) is 3.07. The third-order valence-electron chi connectivity index (χ3n) is 1.85. The molecule has 0 fully saturated rings. The average molecular weight is 244 g/mol. The van der Waals surface area contributed by atoms with Gasteiger partial charge in [0.1, 0.15) is 0 Å². The quantitative estimate of drug-likeness (QED) is 0.862. The first-order valence-corrected chi connectivity index (χ1v) is 5.48. The Morgan fingerprint density at radius 1 is 1.60 bits per heavy atom. The van der Waals surface area contributed by atoms with Gasteiger partial charge in [0.25, 0.3) is 0 Å². The Balaban J connectivity index is 2.06. The smallest absolute Gasteiger partial charge is 0.246 e. The molecule has 0 saturated carbocycles. The number of thiophene rings is 1. The molecule has 3 N–H and O–H groups in total. The molecule has 2 heterocycles. The molecular weight excluding hydrogens is 234 g/mol. The van der Waals surface area contributed by atoms with Crippen molar-refractivity contribution in [2.75, 3.05) is 17.7 Å². The number of hydrogen-bond acceptors (Lipinski definition) is 5. The van der Waals surface area contributed by atoms with Crippen molar-refractivity contribution in [2.45, 2.75) is 6.54 Å². The number of halogens is 1. The molecule has 0 saturated heterocycles. The van der Waals surface area contributed by atoms with Gasteiger partial charge in [0.15, 0.2) is 0 Å². The third kappa shape index (κ3) is 2.40. The first kappa shape index (κ1) is 10.3. The number of anilines is 2. The van der Waals surface area contributed by atoms with Crippen LogP contribution in [0.5, 0.6) is 0 Å². The molecule has 0 unspecified atom stereocenters. The van der Waals surface area contributed by atoms with Crippen molar-refractivity contribution in [3.63, 3.8) is 0 Å². The second-order valence-electron chi connectivity index (χ2n) is 3.08. The molecule has 0 spiro atoms. The minimum Gasteiger partial charge on any atom is -0.368 e. The van der Waals surface area contributed by atoms with Crippen LogP contribution in [0.3, 0.4) is 0 Å². The Hall–Kier alpha value is -1.27. The maximum absolute atomic E-state index is 5.84. The van der Waals surface area contributed by atoms with Crippen molar-refractivity contribution in [3.8, 4) is 0 Å². The summed E-state index contributed by atoms with van der Waals surface area (Å²) in [6.07, 6.45) is 0. The fourth-order valence-corrected chi connectivity index (χ4v) is 2.32. The predicted molar refractivity (Wildman–Crippen MR) is 62.2 cm³/mol. The highest BCUT2D eigenvalue weighted by Crippen LogP contribution is 2.23. The van der Waals surface area contributed by atoms with E-state index in [1.54, 1.807) is 11.3 Å². The zero-order chi connectivity index (χ0) is 10.8. The van der Waals surface area contributed by atoms with Crippen molar-refractivity contribution in [1.82, 2.24) is 15.2 Å². The van der Waals surface area contributed by atoms with Crippen LogP contribution in [0.2, 0.25) is 4.34 Å². The molecule has 2 rings (SSSR count). The molecule has 80 valence electrons. The van der Waals surface area contributed by atoms with Gasteiger partial charge in [-0.3, -0.25) is 0 Å². The highest BCUT2D eigenvalue weighted by Gasteiger charge is 2.08. The molecule has 15 heavy (non-hydrogen) atoms. The van der Waals surface area contributed by atoms with Crippen LogP contribution in [0.15, 0.2) is 12.1 Å². The summed E-state index contributed by atoms with van der Waals surface area (Å²) in [5.74, 6) is 0.901. The fraction of sp³-hybridized carbons (Fsp3) is 0.250. The molecular formula is C8H10ClN5S. The van der Waals surface area contributed by atoms with Gasteiger partial charge in [0, 0.05) is 11.9 Å². The number of aromatic amines is 1. The minimum atomic E-state index is 0.320. The summed E-state index contributed by atoms with van der Waals surface area (Å²) in [5.41, 5.74) is 5.44. The maximum atomic E-state index is 5.84. The summed E-state index contributed by atoms with van der Waals surface area (Å²) in [4.78, 5) is 7.08. The van der Waals surface area contributed by atoms with Crippen LogP contribution in [0.4, 0.5) is 11.9 Å². The fourth-order valence-electron chi connectivity index (χ4n) is 1.18. The Bertz CT molecular complexity index is 451. The van der Waals surface area contributed by atoms with Gasteiger partial charge in [-0.1, -0.05) is 11.6 Å². The molecule has 0 atom stereocenters. The lowest BCUT2D eigenvalue weighted by Crippen LogP contribution is -2.17. The standard InChI is InChI=1S/C8H10ClN5S/c1-14(8-11-7(10)12-13-8)4-5-2-3-6(9)15-5/h2-3H,4H2,1H3,(H3,10,11,12,13). The molecule has 0 aliphatic rings. The molecule has 5 nitrogen and oxygen atoms in total. The maximum Gasteiger partial charge on any atom is 0.246 e. The first-order valence-electron chi connectivity index (χ1n) is 4.28. The number of nitrogens with zero attached hydrogens (tertiary/aromatic N) is 3. The Kier molecular flexibility index (Phi) is 2.79. The summed E-state index contributed by atoms with van der Waals surface area (Å²) in [5, 5.41) is 6.55. The predicted octanol–water partition coefficient (Wildman–Crippen LogP) is 1.74. The van der Waals surface area contributed by atoms with E-state index in [1.165, 1.54) is 0 Å².